The molecule has 0 saturated carbocycles. The molecule has 116 valence electrons. The number of hydrogen-bond donors (Lipinski definition) is 1. The molecule has 1 saturated heterocycles. The van der Waals surface area contributed by atoms with Gasteiger partial charge in [-0.3, -0.25) is 4.79 Å². The zero-order chi connectivity index (χ0) is 15.6. The lowest BCUT2D eigenvalue weighted by atomic mass is 9.81. The number of benzene rings is 1. The fourth-order valence-corrected chi connectivity index (χ4v) is 2.71. The Morgan fingerprint density at radius 1 is 1.29 bits per heavy atom. The van der Waals surface area contributed by atoms with E-state index in [0.717, 1.165) is 31.7 Å². The third-order valence-corrected chi connectivity index (χ3v) is 4.17. The Labute approximate surface area is 125 Å². The smallest absolute Gasteiger partial charge is 0.304 e. The molecule has 1 N–H and O–H groups in total. The first-order valence-electron chi connectivity index (χ1n) is 7.25. The largest absolute Gasteiger partial charge is 0.481 e. The van der Waals surface area contributed by atoms with E-state index in [0.29, 0.717) is 5.69 Å². The van der Waals surface area contributed by atoms with Gasteiger partial charge in [-0.15, -0.1) is 0 Å². The van der Waals surface area contributed by atoms with Crippen LogP contribution in [-0.4, -0.2) is 49.2 Å². The molecule has 4 nitrogen and oxygen atoms in total. The van der Waals surface area contributed by atoms with E-state index >= 15 is 0 Å². The Balaban J connectivity index is 2.19. The molecule has 1 aromatic rings. The highest BCUT2D eigenvalue weighted by molar-refractivity contribution is 5.69. The number of halogens is 1. The molecule has 2 rings (SSSR count). The first-order valence-corrected chi connectivity index (χ1v) is 7.25. The van der Waals surface area contributed by atoms with Gasteiger partial charge in [0.25, 0.3) is 0 Å². The molecule has 21 heavy (non-hydrogen) atoms. The SMILES string of the molecule is CN1CCN(c2ccc(C(C)(C)CC(=O)O)cc2F)CC1. The summed E-state index contributed by atoms with van der Waals surface area (Å²) in [5, 5.41) is 8.96. The van der Waals surface area contributed by atoms with Crippen LogP contribution < -0.4 is 4.90 Å². The molecule has 0 radical (unpaired) electrons. The number of hydrogen-bond acceptors (Lipinski definition) is 3. The fraction of sp³-hybridized carbons (Fsp3) is 0.562. The van der Waals surface area contributed by atoms with Gasteiger partial charge >= 0.3 is 5.97 Å². The minimum Gasteiger partial charge on any atom is -0.481 e. The number of carboxylic acids is 1. The minimum atomic E-state index is -0.872. The molecule has 0 unspecified atom stereocenters. The van der Waals surface area contributed by atoms with Crippen molar-refractivity contribution in [3.8, 4) is 0 Å². The molecule has 1 heterocycles. The van der Waals surface area contributed by atoms with Crippen molar-refractivity contribution in [1.29, 1.82) is 0 Å². The summed E-state index contributed by atoms with van der Waals surface area (Å²) in [5.41, 5.74) is 0.756. The number of carbonyl (C=O) groups is 1. The minimum absolute atomic E-state index is 0.0136. The van der Waals surface area contributed by atoms with Crippen LogP contribution in [-0.2, 0) is 10.2 Å². The van der Waals surface area contributed by atoms with Crippen molar-refractivity contribution in [3.05, 3.63) is 29.6 Å². The van der Waals surface area contributed by atoms with Crippen molar-refractivity contribution in [2.75, 3.05) is 38.1 Å². The Bertz CT molecular complexity index is 523. The maximum atomic E-state index is 14.4. The highest BCUT2D eigenvalue weighted by Crippen LogP contribution is 2.31. The Morgan fingerprint density at radius 2 is 1.90 bits per heavy atom. The van der Waals surface area contributed by atoms with Gasteiger partial charge in [-0.05, 0) is 24.7 Å². The summed E-state index contributed by atoms with van der Waals surface area (Å²) < 4.78 is 14.4. The van der Waals surface area contributed by atoms with E-state index in [1.54, 1.807) is 6.07 Å². The molecule has 1 aliphatic rings. The normalized spacial score (nSPS) is 17.0. The number of piperazine rings is 1. The first kappa shape index (κ1) is 15.8. The molecular formula is C16H23FN2O2. The summed E-state index contributed by atoms with van der Waals surface area (Å²) in [4.78, 5) is 15.2. The van der Waals surface area contributed by atoms with Gasteiger partial charge in [-0.1, -0.05) is 19.9 Å². The highest BCUT2D eigenvalue weighted by atomic mass is 19.1. The summed E-state index contributed by atoms with van der Waals surface area (Å²) in [5.74, 6) is -1.14. The predicted molar refractivity (Wildman–Crippen MR) is 81.4 cm³/mol. The van der Waals surface area contributed by atoms with Crippen LogP contribution in [0.4, 0.5) is 10.1 Å². The van der Waals surface area contributed by atoms with E-state index in [2.05, 4.69) is 11.9 Å². The van der Waals surface area contributed by atoms with Crippen molar-refractivity contribution >= 4 is 11.7 Å². The lowest BCUT2D eigenvalue weighted by Crippen LogP contribution is -2.44. The second-order valence-electron chi connectivity index (χ2n) is 6.41. The molecule has 1 aromatic carbocycles. The zero-order valence-corrected chi connectivity index (χ0v) is 12.9. The van der Waals surface area contributed by atoms with Gasteiger partial charge in [-0.2, -0.15) is 0 Å². The Hall–Kier alpha value is -1.62. The number of anilines is 1. The highest BCUT2D eigenvalue weighted by Gasteiger charge is 2.26. The molecule has 1 aliphatic heterocycles. The van der Waals surface area contributed by atoms with Crippen LogP contribution in [0.15, 0.2) is 18.2 Å². The predicted octanol–water partition coefficient (Wildman–Crippen LogP) is 2.33. The van der Waals surface area contributed by atoms with Crippen molar-refractivity contribution < 1.29 is 14.3 Å². The quantitative estimate of drug-likeness (QED) is 0.925. The van der Waals surface area contributed by atoms with E-state index in [1.807, 2.05) is 24.8 Å². The van der Waals surface area contributed by atoms with Crippen LogP contribution in [0.3, 0.4) is 0 Å². The topological polar surface area (TPSA) is 43.8 Å². The maximum absolute atomic E-state index is 14.4. The van der Waals surface area contributed by atoms with Crippen LogP contribution in [0, 0.1) is 5.82 Å². The molecule has 5 heteroatoms. The summed E-state index contributed by atoms with van der Waals surface area (Å²) in [7, 11) is 2.06. The number of nitrogens with zero attached hydrogens (tertiary/aromatic N) is 2. The number of rotatable bonds is 4. The van der Waals surface area contributed by atoms with Crippen LogP contribution in [0.25, 0.3) is 0 Å². The number of aliphatic carboxylic acids is 1. The van der Waals surface area contributed by atoms with E-state index < -0.39 is 11.4 Å². The summed E-state index contributed by atoms with van der Waals surface area (Å²) in [6, 6.07) is 5.11. The lowest BCUT2D eigenvalue weighted by Gasteiger charge is -2.34. The summed E-state index contributed by atoms with van der Waals surface area (Å²) in [6.07, 6.45) is -0.0136. The van der Waals surface area contributed by atoms with Crippen molar-refractivity contribution in [2.45, 2.75) is 25.7 Å². The zero-order valence-electron chi connectivity index (χ0n) is 12.9. The molecule has 1 fully saturated rings. The summed E-state index contributed by atoms with van der Waals surface area (Å²) in [6.45, 7) is 7.12. The van der Waals surface area contributed by atoms with Crippen molar-refractivity contribution in [2.24, 2.45) is 0 Å². The molecule has 0 atom stereocenters. The van der Waals surface area contributed by atoms with Crippen LogP contribution in [0.1, 0.15) is 25.8 Å². The third kappa shape index (κ3) is 3.73. The van der Waals surface area contributed by atoms with E-state index in [9.17, 15) is 9.18 Å². The van der Waals surface area contributed by atoms with Gasteiger partial charge in [0.05, 0.1) is 12.1 Å². The molecule has 0 aromatic heterocycles. The maximum Gasteiger partial charge on any atom is 0.304 e. The van der Waals surface area contributed by atoms with E-state index in [-0.39, 0.29) is 12.2 Å². The van der Waals surface area contributed by atoms with Crippen molar-refractivity contribution in [1.82, 2.24) is 4.90 Å². The number of likely N-dealkylation sites (N-methyl/N-ethyl adjacent to an activating group) is 1. The molecule has 0 aliphatic carbocycles. The fourth-order valence-electron chi connectivity index (χ4n) is 2.71. The molecule has 0 amide bonds. The van der Waals surface area contributed by atoms with Crippen LogP contribution >= 0.6 is 0 Å². The van der Waals surface area contributed by atoms with Crippen LogP contribution in [0.2, 0.25) is 0 Å². The van der Waals surface area contributed by atoms with Crippen molar-refractivity contribution in [3.63, 3.8) is 0 Å². The molecular weight excluding hydrogens is 271 g/mol. The van der Waals surface area contributed by atoms with E-state index in [4.69, 9.17) is 5.11 Å². The third-order valence-electron chi connectivity index (χ3n) is 4.17. The summed E-state index contributed by atoms with van der Waals surface area (Å²) >= 11 is 0. The second kappa shape index (κ2) is 6.02. The Kier molecular flexibility index (Phi) is 4.52. The number of carboxylic acid groups (broad SMARTS) is 1. The second-order valence-corrected chi connectivity index (χ2v) is 6.41. The standard InChI is InChI=1S/C16H23FN2O2/c1-16(2,11-15(20)21)12-4-5-14(13(17)10-12)19-8-6-18(3)7-9-19/h4-5,10H,6-9,11H2,1-3H3,(H,20,21). The van der Waals surface area contributed by atoms with Gasteiger partial charge in [0.15, 0.2) is 0 Å². The van der Waals surface area contributed by atoms with Gasteiger partial charge in [0.1, 0.15) is 5.82 Å². The van der Waals surface area contributed by atoms with Gasteiger partial charge in [0.2, 0.25) is 0 Å². The average Bonchev–Trinajstić information content (AvgIpc) is 2.38. The molecule has 0 spiro atoms. The van der Waals surface area contributed by atoms with Gasteiger partial charge in [-0.25, -0.2) is 4.39 Å². The lowest BCUT2D eigenvalue weighted by molar-refractivity contribution is -0.138. The molecule has 0 bridgehead atoms. The van der Waals surface area contributed by atoms with Crippen LogP contribution in [0.5, 0.6) is 0 Å². The Morgan fingerprint density at radius 3 is 2.43 bits per heavy atom. The first-order chi connectivity index (χ1) is 9.79. The van der Waals surface area contributed by atoms with E-state index in [1.165, 1.54) is 6.07 Å². The monoisotopic (exact) mass is 294 g/mol. The van der Waals surface area contributed by atoms with Gasteiger partial charge in [0, 0.05) is 31.6 Å². The van der Waals surface area contributed by atoms with Gasteiger partial charge < -0.3 is 14.9 Å². The average molecular weight is 294 g/mol.